The minimum absolute atomic E-state index is 0.0836. The number of hydrogen-bond acceptors (Lipinski definition) is 0. The van der Waals surface area contributed by atoms with Gasteiger partial charge in [-0.1, -0.05) is 113 Å². The fourth-order valence-corrected chi connectivity index (χ4v) is 9.88. The van der Waals surface area contributed by atoms with Crippen molar-refractivity contribution in [3.05, 3.63) is 172 Å². The summed E-state index contributed by atoms with van der Waals surface area (Å²) in [4.78, 5) is 0. The topological polar surface area (TPSA) is 9.86 Å². The molecule has 0 atom stereocenters. The molecule has 3 heterocycles. The van der Waals surface area contributed by atoms with E-state index in [0.29, 0.717) is 0 Å². The maximum atomic E-state index is 2.52. The highest BCUT2D eigenvalue weighted by Gasteiger charge is 2.41. The zero-order valence-corrected chi connectivity index (χ0v) is 28.8. The van der Waals surface area contributed by atoms with E-state index in [1.54, 1.807) is 0 Å². The highest BCUT2D eigenvalue weighted by Crippen LogP contribution is 2.56. The molecule has 50 heavy (non-hydrogen) atoms. The van der Waals surface area contributed by atoms with Crippen LogP contribution in [0.5, 0.6) is 0 Å². The SMILES string of the molecule is CC1(C)C2=c3ccccc3=CC2=Cc2c(-c3ccc4c(c3)c3cccc5c3n4-c3ccccc3C5(C)C)c3ccn(-c4ccccc4)cc-3c21. The molecule has 238 valence electrons. The van der Waals surface area contributed by atoms with Crippen LogP contribution in [0.25, 0.3) is 73.2 Å². The van der Waals surface area contributed by atoms with Crippen LogP contribution in [0.3, 0.4) is 0 Å². The predicted octanol–water partition coefficient (Wildman–Crippen LogP) is 10.3. The van der Waals surface area contributed by atoms with Crippen molar-refractivity contribution in [2.45, 2.75) is 38.5 Å². The van der Waals surface area contributed by atoms with Crippen LogP contribution < -0.4 is 10.4 Å². The Bertz CT molecular complexity index is 2900. The van der Waals surface area contributed by atoms with Crippen LogP contribution in [0.1, 0.15) is 49.9 Å². The minimum Gasteiger partial charge on any atom is -0.323 e. The average Bonchev–Trinajstić information content (AvgIpc) is 3.79. The van der Waals surface area contributed by atoms with Gasteiger partial charge in [-0.3, -0.25) is 0 Å². The summed E-state index contributed by atoms with van der Waals surface area (Å²) in [7, 11) is 0. The molecule has 0 unspecified atom stereocenters. The van der Waals surface area contributed by atoms with Crippen LogP contribution in [0.2, 0.25) is 0 Å². The molecule has 2 heteroatoms. The van der Waals surface area contributed by atoms with Gasteiger partial charge in [-0.15, -0.1) is 0 Å². The predicted molar refractivity (Wildman–Crippen MR) is 209 cm³/mol. The Morgan fingerprint density at radius 2 is 1.38 bits per heavy atom. The molecular weight excluding hydrogens is 605 g/mol. The average molecular weight is 641 g/mol. The van der Waals surface area contributed by atoms with Gasteiger partial charge in [0.1, 0.15) is 0 Å². The molecule has 2 nitrogen and oxygen atoms in total. The van der Waals surface area contributed by atoms with Gasteiger partial charge in [0, 0.05) is 45.2 Å². The van der Waals surface area contributed by atoms with E-state index in [9.17, 15) is 0 Å². The molecule has 0 saturated heterocycles. The summed E-state index contributed by atoms with van der Waals surface area (Å²) in [5.74, 6) is 0. The number of fused-ring (bicyclic) bond motifs is 10. The Balaban J connectivity index is 1.23. The van der Waals surface area contributed by atoms with Gasteiger partial charge in [-0.25, -0.2) is 0 Å². The molecule has 6 aromatic rings. The van der Waals surface area contributed by atoms with Crippen LogP contribution in [-0.4, -0.2) is 9.13 Å². The van der Waals surface area contributed by atoms with Crippen molar-refractivity contribution < 1.29 is 0 Å². The fraction of sp³-hybridized carbons (Fsp3) is 0.125. The third-order valence-corrected chi connectivity index (χ3v) is 12.0. The Morgan fingerprint density at radius 3 is 2.26 bits per heavy atom. The van der Waals surface area contributed by atoms with Crippen LogP contribution >= 0.6 is 0 Å². The van der Waals surface area contributed by atoms with Gasteiger partial charge in [0.05, 0.1) is 16.7 Å². The van der Waals surface area contributed by atoms with E-state index in [1.165, 1.54) is 99.3 Å². The van der Waals surface area contributed by atoms with E-state index in [-0.39, 0.29) is 10.8 Å². The quantitative estimate of drug-likeness (QED) is 0.178. The number of rotatable bonds is 2. The lowest BCUT2D eigenvalue weighted by atomic mass is 9.69. The van der Waals surface area contributed by atoms with Crippen LogP contribution in [0, 0.1) is 0 Å². The van der Waals surface area contributed by atoms with Gasteiger partial charge in [0.15, 0.2) is 0 Å². The molecular formula is C48H36N2. The maximum absolute atomic E-state index is 2.52. The number of nitrogens with zero attached hydrogens (tertiary/aromatic N) is 2. The van der Waals surface area contributed by atoms with Gasteiger partial charge >= 0.3 is 0 Å². The van der Waals surface area contributed by atoms with E-state index in [0.717, 1.165) is 0 Å². The molecule has 0 fully saturated rings. The summed E-state index contributed by atoms with van der Waals surface area (Å²) in [5.41, 5.74) is 18.3. The molecule has 0 amide bonds. The summed E-state index contributed by atoms with van der Waals surface area (Å²) >= 11 is 0. The van der Waals surface area contributed by atoms with E-state index in [1.807, 2.05) is 0 Å². The van der Waals surface area contributed by atoms with Gasteiger partial charge in [-0.05, 0) is 109 Å². The number of para-hydroxylation sites is 3. The largest absolute Gasteiger partial charge is 0.323 e. The third kappa shape index (κ3) is 3.43. The van der Waals surface area contributed by atoms with Gasteiger partial charge in [0.2, 0.25) is 0 Å². The van der Waals surface area contributed by atoms with E-state index in [4.69, 9.17) is 0 Å². The summed E-state index contributed by atoms with van der Waals surface area (Å²) in [6.45, 7) is 9.60. The molecule has 3 aliphatic carbocycles. The van der Waals surface area contributed by atoms with Gasteiger partial charge < -0.3 is 9.13 Å². The number of hydrogen-bond donors (Lipinski definition) is 0. The van der Waals surface area contributed by atoms with Crippen molar-refractivity contribution in [1.82, 2.24) is 9.13 Å². The van der Waals surface area contributed by atoms with Crippen molar-refractivity contribution in [1.29, 1.82) is 0 Å². The Kier molecular flexibility index (Phi) is 5.28. The van der Waals surface area contributed by atoms with E-state index < -0.39 is 0 Å². The molecule has 5 aliphatic rings. The summed E-state index contributed by atoms with van der Waals surface area (Å²) in [6, 6.07) is 45.0. The van der Waals surface area contributed by atoms with Crippen molar-refractivity contribution in [3.8, 4) is 33.6 Å². The molecule has 11 rings (SSSR count). The fourth-order valence-electron chi connectivity index (χ4n) is 9.88. The molecule has 1 aromatic heterocycles. The van der Waals surface area contributed by atoms with Crippen LogP contribution in [-0.2, 0) is 10.8 Å². The van der Waals surface area contributed by atoms with Crippen molar-refractivity contribution in [2.24, 2.45) is 0 Å². The highest BCUT2D eigenvalue weighted by atomic mass is 15.0. The number of pyridine rings is 1. The van der Waals surface area contributed by atoms with Crippen molar-refractivity contribution in [3.63, 3.8) is 0 Å². The van der Waals surface area contributed by atoms with Crippen molar-refractivity contribution in [2.75, 3.05) is 0 Å². The van der Waals surface area contributed by atoms with Crippen LogP contribution in [0.4, 0.5) is 0 Å². The molecule has 0 saturated carbocycles. The maximum Gasteiger partial charge on any atom is 0.0582 e. The first-order chi connectivity index (χ1) is 24.3. The van der Waals surface area contributed by atoms with Crippen molar-refractivity contribution >= 4 is 39.5 Å². The smallest absolute Gasteiger partial charge is 0.0582 e. The second-order valence-corrected chi connectivity index (χ2v) is 15.4. The lowest BCUT2D eigenvalue weighted by Gasteiger charge is -2.34. The molecule has 5 aromatic carbocycles. The normalized spacial score (nSPS) is 16.2. The molecule has 2 aliphatic heterocycles. The number of aromatic nitrogens is 2. The van der Waals surface area contributed by atoms with Gasteiger partial charge in [-0.2, -0.15) is 0 Å². The summed E-state index contributed by atoms with van der Waals surface area (Å²) < 4.78 is 4.80. The lowest BCUT2D eigenvalue weighted by molar-refractivity contribution is 0.630. The zero-order valence-electron chi connectivity index (χ0n) is 28.8. The Labute approximate surface area is 291 Å². The Hall–Kier alpha value is -5.86. The second kappa shape index (κ2) is 9.43. The second-order valence-electron chi connectivity index (χ2n) is 15.4. The first kappa shape index (κ1) is 28.0. The first-order valence-electron chi connectivity index (χ1n) is 17.8. The van der Waals surface area contributed by atoms with Crippen LogP contribution in [0.15, 0.2) is 139 Å². The lowest BCUT2D eigenvalue weighted by Crippen LogP contribution is -2.31. The Morgan fingerprint density at radius 1 is 0.600 bits per heavy atom. The number of benzene rings is 5. The monoisotopic (exact) mass is 640 g/mol. The van der Waals surface area contributed by atoms with E-state index >= 15 is 0 Å². The summed E-state index contributed by atoms with van der Waals surface area (Å²) in [5, 5.41) is 5.30. The molecule has 0 spiro atoms. The summed E-state index contributed by atoms with van der Waals surface area (Å²) in [6.07, 6.45) is 9.49. The minimum atomic E-state index is -0.196. The van der Waals surface area contributed by atoms with E-state index in [2.05, 4.69) is 183 Å². The van der Waals surface area contributed by atoms with Gasteiger partial charge in [0.25, 0.3) is 0 Å². The standard InChI is InChI=1S/C48H36N2/c1-47(2)39-18-10-11-20-42(39)50-41-22-21-30(26-36(41)35-17-12-19-40(47)46(35)50)43-34-23-24-49(32-14-6-5-7-15-32)28-38(34)45-37(43)27-31-25-29-13-8-9-16-33(29)44(31)48(45,3)4/h5-28H,1-4H3. The number of allylic oxidation sites excluding steroid dienone is 1. The molecule has 0 bridgehead atoms. The highest BCUT2D eigenvalue weighted by molar-refractivity contribution is 6.14. The third-order valence-electron chi connectivity index (χ3n) is 12.0. The first-order valence-corrected chi connectivity index (χ1v) is 17.8. The molecule has 0 N–H and O–H groups in total. The zero-order chi connectivity index (χ0) is 33.5. The molecule has 0 radical (unpaired) electrons.